The first-order chi connectivity index (χ1) is 5.33. The molecule has 2 aliphatic carbocycles. The maximum absolute atomic E-state index is 11.2. The molecule has 60 valence electrons. The van der Waals surface area contributed by atoms with Gasteiger partial charge in [-0.3, -0.25) is 4.79 Å². The molecule has 0 amide bonds. The molecule has 3 aliphatic rings. The van der Waals surface area contributed by atoms with E-state index in [4.69, 9.17) is 4.74 Å². The highest BCUT2D eigenvalue weighted by atomic mass is 16.6. The highest BCUT2D eigenvalue weighted by Gasteiger charge is 2.67. The Bertz CT molecular complexity index is 224. The third-order valence-corrected chi connectivity index (χ3v) is 3.57. The average molecular weight is 152 g/mol. The van der Waals surface area contributed by atoms with Crippen LogP contribution < -0.4 is 0 Å². The Hall–Kier alpha value is -0.370. The second-order valence-corrected chi connectivity index (χ2v) is 4.05. The van der Waals surface area contributed by atoms with Gasteiger partial charge in [-0.1, -0.05) is 6.42 Å². The molecule has 11 heavy (non-hydrogen) atoms. The van der Waals surface area contributed by atoms with Crippen LogP contribution in [-0.2, 0) is 9.53 Å². The minimum absolute atomic E-state index is 0.0312. The van der Waals surface area contributed by atoms with Gasteiger partial charge in [0.15, 0.2) is 5.78 Å². The van der Waals surface area contributed by atoms with Crippen LogP contribution in [0.15, 0.2) is 0 Å². The maximum Gasteiger partial charge on any atom is 0.164 e. The van der Waals surface area contributed by atoms with Gasteiger partial charge >= 0.3 is 0 Å². The zero-order valence-corrected chi connectivity index (χ0v) is 6.51. The highest BCUT2D eigenvalue weighted by molar-refractivity contribution is 5.88. The van der Waals surface area contributed by atoms with E-state index in [2.05, 4.69) is 0 Å². The molecule has 0 radical (unpaired) electrons. The summed E-state index contributed by atoms with van der Waals surface area (Å²) in [6.07, 6.45) is 5.61. The molecule has 1 spiro atoms. The first-order valence-corrected chi connectivity index (χ1v) is 4.53. The zero-order valence-electron chi connectivity index (χ0n) is 6.51. The van der Waals surface area contributed by atoms with E-state index in [1.54, 1.807) is 0 Å². The van der Waals surface area contributed by atoms with E-state index in [9.17, 15) is 4.79 Å². The van der Waals surface area contributed by atoms with Crippen LogP contribution >= 0.6 is 0 Å². The molecule has 2 heteroatoms. The minimum atomic E-state index is 0.0312. The molecule has 1 heterocycles. The van der Waals surface area contributed by atoms with E-state index in [1.807, 2.05) is 0 Å². The predicted molar refractivity (Wildman–Crippen MR) is 39.2 cm³/mol. The number of rotatable bonds is 0. The lowest BCUT2D eigenvalue weighted by atomic mass is 9.81. The molecule has 1 aliphatic heterocycles. The summed E-state index contributed by atoms with van der Waals surface area (Å²) < 4.78 is 5.55. The van der Waals surface area contributed by atoms with Crippen molar-refractivity contribution in [2.45, 2.75) is 43.8 Å². The fourth-order valence-electron chi connectivity index (χ4n) is 2.93. The van der Waals surface area contributed by atoms with Crippen molar-refractivity contribution in [3.05, 3.63) is 0 Å². The monoisotopic (exact) mass is 152 g/mol. The summed E-state index contributed by atoms with van der Waals surface area (Å²) in [6.45, 7) is 0. The van der Waals surface area contributed by atoms with Gasteiger partial charge in [-0.15, -0.1) is 0 Å². The Kier molecular flexibility index (Phi) is 0.947. The Morgan fingerprint density at radius 3 is 3.27 bits per heavy atom. The molecule has 2 saturated carbocycles. The van der Waals surface area contributed by atoms with Crippen LogP contribution in [-0.4, -0.2) is 17.5 Å². The topological polar surface area (TPSA) is 29.6 Å². The Labute approximate surface area is 65.9 Å². The smallest absolute Gasteiger partial charge is 0.164 e. The van der Waals surface area contributed by atoms with Gasteiger partial charge in [0.05, 0.1) is 0 Å². The number of ether oxygens (including phenoxy) is 1. The van der Waals surface area contributed by atoms with Crippen LogP contribution in [0.2, 0.25) is 0 Å². The molecule has 3 unspecified atom stereocenters. The van der Waals surface area contributed by atoms with Gasteiger partial charge < -0.3 is 4.74 Å². The zero-order chi connectivity index (χ0) is 7.47. The van der Waals surface area contributed by atoms with Gasteiger partial charge in [0.25, 0.3) is 0 Å². The Morgan fingerprint density at radius 1 is 1.45 bits per heavy atom. The van der Waals surface area contributed by atoms with Crippen molar-refractivity contribution >= 4 is 5.78 Å². The fraction of sp³-hybridized carbons (Fsp3) is 0.889. The van der Waals surface area contributed by atoms with Crippen LogP contribution in [0.5, 0.6) is 0 Å². The SMILES string of the molecule is O=C1CCC2CCCC23OC13. The lowest BCUT2D eigenvalue weighted by Crippen LogP contribution is -2.30. The number of carbonyl (C=O) groups is 1. The van der Waals surface area contributed by atoms with Crippen molar-refractivity contribution in [2.75, 3.05) is 0 Å². The predicted octanol–water partition coefficient (Wildman–Crippen LogP) is 1.29. The van der Waals surface area contributed by atoms with Crippen LogP contribution in [0.1, 0.15) is 32.1 Å². The summed E-state index contributed by atoms with van der Waals surface area (Å²) >= 11 is 0. The van der Waals surface area contributed by atoms with E-state index < -0.39 is 0 Å². The molecule has 0 aromatic carbocycles. The number of Topliss-reactive ketones (excluding diaryl/α,β-unsaturated/α-hetero) is 1. The summed E-state index contributed by atoms with van der Waals surface area (Å²) in [5.74, 6) is 1.09. The molecule has 3 rings (SSSR count). The van der Waals surface area contributed by atoms with E-state index >= 15 is 0 Å². The van der Waals surface area contributed by atoms with E-state index in [0.717, 1.165) is 25.2 Å². The van der Waals surface area contributed by atoms with Gasteiger partial charge in [-0.25, -0.2) is 0 Å². The lowest BCUT2D eigenvalue weighted by Gasteiger charge is -2.19. The van der Waals surface area contributed by atoms with E-state index in [0.29, 0.717) is 5.78 Å². The van der Waals surface area contributed by atoms with Gasteiger partial charge in [-0.05, 0) is 25.2 Å². The molecule has 0 bridgehead atoms. The first-order valence-electron chi connectivity index (χ1n) is 4.53. The molecule has 1 saturated heterocycles. The summed E-state index contributed by atoms with van der Waals surface area (Å²) in [4.78, 5) is 11.2. The molecular weight excluding hydrogens is 140 g/mol. The fourth-order valence-corrected chi connectivity index (χ4v) is 2.93. The van der Waals surface area contributed by atoms with Gasteiger partial charge in [-0.2, -0.15) is 0 Å². The van der Waals surface area contributed by atoms with Crippen molar-refractivity contribution in [1.29, 1.82) is 0 Å². The first kappa shape index (κ1) is 6.18. The van der Waals surface area contributed by atoms with Crippen LogP contribution in [0, 0.1) is 5.92 Å². The van der Waals surface area contributed by atoms with Crippen molar-refractivity contribution in [2.24, 2.45) is 5.92 Å². The summed E-state index contributed by atoms with van der Waals surface area (Å²) in [5.41, 5.74) is 0.0787. The van der Waals surface area contributed by atoms with E-state index in [-0.39, 0.29) is 11.7 Å². The van der Waals surface area contributed by atoms with Crippen molar-refractivity contribution in [1.82, 2.24) is 0 Å². The average Bonchev–Trinajstić information content (AvgIpc) is 2.57. The Morgan fingerprint density at radius 2 is 2.36 bits per heavy atom. The number of ketones is 1. The number of hydrogen-bond acceptors (Lipinski definition) is 2. The molecule has 0 aromatic heterocycles. The molecule has 3 fully saturated rings. The van der Waals surface area contributed by atoms with Crippen LogP contribution in [0.4, 0.5) is 0 Å². The molecular formula is C9H12O2. The molecule has 0 N–H and O–H groups in total. The number of epoxide rings is 1. The molecule has 3 atom stereocenters. The molecule has 0 aromatic rings. The number of carbonyl (C=O) groups excluding carboxylic acids is 1. The van der Waals surface area contributed by atoms with Gasteiger partial charge in [0.2, 0.25) is 0 Å². The normalized spacial score (nSPS) is 53.6. The molecule has 2 nitrogen and oxygen atoms in total. The van der Waals surface area contributed by atoms with Crippen molar-refractivity contribution in [3.8, 4) is 0 Å². The van der Waals surface area contributed by atoms with E-state index in [1.165, 1.54) is 12.8 Å². The standard InChI is InChI=1S/C9H12O2/c10-7-4-3-6-2-1-5-9(6)8(7)11-9/h6,8H,1-5H2. The minimum Gasteiger partial charge on any atom is -0.357 e. The third kappa shape index (κ3) is 0.598. The van der Waals surface area contributed by atoms with Crippen LogP contribution in [0.3, 0.4) is 0 Å². The second kappa shape index (κ2) is 1.69. The highest BCUT2D eigenvalue weighted by Crippen LogP contribution is 2.58. The van der Waals surface area contributed by atoms with Crippen molar-refractivity contribution in [3.63, 3.8) is 0 Å². The van der Waals surface area contributed by atoms with Gasteiger partial charge in [0.1, 0.15) is 11.7 Å². The number of hydrogen-bond donors (Lipinski definition) is 0. The Balaban J connectivity index is 1.95. The second-order valence-electron chi connectivity index (χ2n) is 4.05. The maximum atomic E-state index is 11.2. The summed E-state index contributed by atoms with van der Waals surface area (Å²) in [6, 6.07) is 0. The summed E-state index contributed by atoms with van der Waals surface area (Å²) in [7, 11) is 0. The van der Waals surface area contributed by atoms with Crippen molar-refractivity contribution < 1.29 is 9.53 Å². The largest absolute Gasteiger partial charge is 0.357 e. The lowest BCUT2D eigenvalue weighted by molar-refractivity contribution is -0.121. The third-order valence-electron chi connectivity index (χ3n) is 3.57. The van der Waals surface area contributed by atoms with Crippen LogP contribution in [0.25, 0.3) is 0 Å². The van der Waals surface area contributed by atoms with Gasteiger partial charge in [0, 0.05) is 6.42 Å². The summed E-state index contributed by atoms with van der Waals surface area (Å²) in [5, 5.41) is 0. The quantitative estimate of drug-likeness (QED) is 0.489.